The highest BCUT2D eigenvalue weighted by Crippen LogP contribution is 2.67. The van der Waals surface area contributed by atoms with Crippen LogP contribution in [0.2, 0.25) is 0 Å². The number of rotatable bonds is 14. The summed E-state index contributed by atoms with van der Waals surface area (Å²) < 4.78 is 35.7. The van der Waals surface area contributed by atoms with Crippen molar-refractivity contribution in [2.45, 2.75) is 163 Å². The number of ether oxygens (including phenoxy) is 6. The molecule has 1 saturated heterocycles. The van der Waals surface area contributed by atoms with Gasteiger partial charge in [0.15, 0.2) is 18.5 Å². The van der Waals surface area contributed by atoms with Crippen molar-refractivity contribution in [1.29, 1.82) is 0 Å². The molecule has 14 atom stereocenters. The zero-order valence-electron chi connectivity index (χ0n) is 37.5. The first-order valence-corrected chi connectivity index (χ1v) is 22.7. The molecule has 60 heavy (non-hydrogen) atoms. The first-order valence-electron chi connectivity index (χ1n) is 22.7. The van der Waals surface area contributed by atoms with Crippen LogP contribution in [0.4, 0.5) is 4.79 Å². The Morgan fingerprint density at radius 1 is 0.867 bits per heavy atom. The van der Waals surface area contributed by atoms with Crippen molar-refractivity contribution in [2.75, 3.05) is 6.61 Å². The lowest BCUT2D eigenvalue weighted by atomic mass is 9.47. The quantitative estimate of drug-likeness (QED) is 0.110. The fraction of sp³-hybridized carbons (Fsp3) is 0.714. The first kappa shape index (κ1) is 45.8. The Bertz CT molecular complexity index is 1730. The molecule has 0 radical (unpaired) electrons. The average Bonchev–Trinajstić information content (AvgIpc) is 3.56. The normalized spacial score (nSPS) is 35.9. The molecule has 4 aliphatic carbocycles. The Morgan fingerprint density at radius 3 is 2.25 bits per heavy atom. The second-order valence-electron chi connectivity index (χ2n) is 19.3. The van der Waals surface area contributed by atoms with Crippen molar-refractivity contribution < 1.29 is 47.6 Å². The van der Waals surface area contributed by atoms with Crippen LogP contribution in [0.1, 0.15) is 126 Å². The van der Waals surface area contributed by atoms with E-state index >= 15 is 0 Å². The van der Waals surface area contributed by atoms with Crippen molar-refractivity contribution >= 4 is 24.0 Å². The number of benzene rings is 1. The Hall–Kier alpha value is -3.70. The lowest BCUT2D eigenvalue weighted by molar-refractivity contribution is -0.289. The van der Waals surface area contributed by atoms with Crippen LogP contribution in [0, 0.1) is 52.3 Å². The number of hydrogen-bond donors (Lipinski definition) is 1. The van der Waals surface area contributed by atoms with E-state index in [4.69, 9.17) is 28.4 Å². The Balaban J connectivity index is 1.20. The maximum atomic E-state index is 13.4. The highest BCUT2D eigenvalue weighted by atomic mass is 16.7. The summed E-state index contributed by atoms with van der Waals surface area (Å²) in [6, 6.07) is 8.12. The Kier molecular flexibility index (Phi) is 14.9. The van der Waals surface area contributed by atoms with E-state index in [1.807, 2.05) is 30.3 Å². The molecule has 1 amide bonds. The molecule has 1 N–H and O–H groups in total. The van der Waals surface area contributed by atoms with E-state index in [2.05, 4.69) is 65.1 Å². The van der Waals surface area contributed by atoms with Gasteiger partial charge in [0.2, 0.25) is 0 Å². The largest absolute Gasteiger partial charge is 0.463 e. The van der Waals surface area contributed by atoms with Gasteiger partial charge in [-0.05, 0) is 116 Å². The van der Waals surface area contributed by atoms with E-state index in [1.54, 1.807) is 0 Å². The Labute approximate surface area is 358 Å². The van der Waals surface area contributed by atoms with Gasteiger partial charge in [-0.2, -0.15) is 0 Å². The summed E-state index contributed by atoms with van der Waals surface area (Å²) in [5.74, 6) is 2.68. The third-order valence-electron chi connectivity index (χ3n) is 15.3. The molecule has 0 spiro atoms. The lowest BCUT2D eigenvalue weighted by Crippen LogP contribution is -2.67. The minimum atomic E-state index is -1.24. The smallest absolute Gasteiger partial charge is 0.407 e. The molecule has 11 nitrogen and oxygen atoms in total. The molecule has 3 saturated carbocycles. The van der Waals surface area contributed by atoms with Crippen LogP contribution in [0.25, 0.3) is 0 Å². The fourth-order valence-corrected chi connectivity index (χ4v) is 12.2. The van der Waals surface area contributed by atoms with Crippen LogP contribution >= 0.6 is 0 Å². The highest BCUT2D eigenvalue weighted by molar-refractivity contribution is 5.69. The zero-order valence-corrected chi connectivity index (χ0v) is 37.5. The second-order valence-corrected chi connectivity index (χ2v) is 19.3. The number of allylic oxidation sites excluding steroid dienone is 3. The van der Waals surface area contributed by atoms with Crippen LogP contribution in [0.15, 0.2) is 54.1 Å². The van der Waals surface area contributed by atoms with Gasteiger partial charge < -0.3 is 33.7 Å². The number of carbonyl (C=O) groups excluding carboxylic acids is 4. The highest BCUT2D eigenvalue weighted by Gasteiger charge is 2.60. The van der Waals surface area contributed by atoms with Crippen molar-refractivity contribution in [1.82, 2.24) is 5.32 Å². The average molecular weight is 834 g/mol. The predicted molar refractivity (Wildman–Crippen MR) is 227 cm³/mol. The molecule has 11 heteroatoms. The topological polar surface area (TPSA) is 136 Å². The van der Waals surface area contributed by atoms with Crippen LogP contribution in [0.3, 0.4) is 0 Å². The van der Waals surface area contributed by atoms with Crippen LogP contribution in [0.5, 0.6) is 0 Å². The SMILES string of the molecule is CC[C@H](/C=C/[C@@H](C)[C@H]1CC[C@H]2[C@@H]3CC=C4C[C@@H](OC5O[C@H](COC(C)=O)[C@@H](OC(C)=O)[C@H](OC(C)=O)C5NC(=O)OCc5ccccc5)CC[C@]4(C)[C@H]3CC[C@]12C)C(C)C. The second kappa shape index (κ2) is 19.6. The summed E-state index contributed by atoms with van der Waals surface area (Å²) >= 11 is 0. The molecular weight excluding hydrogens is 763 g/mol. The van der Waals surface area contributed by atoms with Crippen molar-refractivity contribution in [2.24, 2.45) is 52.3 Å². The molecular formula is C49H71NO10. The van der Waals surface area contributed by atoms with Gasteiger partial charge in [0, 0.05) is 20.8 Å². The van der Waals surface area contributed by atoms with Gasteiger partial charge >= 0.3 is 24.0 Å². The van der Waals surface area contributed by atoms with E-state index < -0.39 is 54.6 Å². The number of amides is 1. The molecule has 1 aliphatic heterocycles. The van der Waals surface area contributed by atoms with Crippen molar-refractivity contribution in [3.63, 3.8) is 0 Å². The molecule has 2 unspecified atom stereocenters. The van der Waals surface area contributed by atoms with Gasteiger partial charge in [0.25, 0.3) is 0 Å². The fourth-order valence-electron chi connectivity index (χ4n) is 12.2. The minimum Gasteiger partial charge on any atom is -0.463 e. The van der Waals surface area contributed by atoms with E-state index in [9.17, 15) is 19.2 Å². The van der Waals surface area contributed by atoms with Crippen LogP contribution in [-0.4, -0.2) is 67.4 Å². The summed E-state index contributed by atoms with van der Waals surface area (Å²) in [7, 11) is 0. The lowest BCUT2D eigenvalue weighted by Gasteiger charge is -2.58. The Morgan fingerprint density at radius 2 is 1.58 bits per heavy atom. The van der Waals surface area contributed by atoms with Gasteiger partial charge in [0.1, 0.15) is 25.4 Å². The molecule has 5 aliphatic rings. The third kappa shape index (κ3) is 10.1. The minimum absolute atomic E-state index is 0.00159. The van der Waals surface area contributed by atoms with E-state index in [0.717, 1.165) is 30.7 Å². The molecule has 1 aromatic carbocycles. The van der Waals surface area contributed by atoms with Gasteiger partial charge in [0.05, 0.1) is 6.10 Å². The summed E-state index contributed by atoms with van der Waals surface area (Å²) in [5, 5.41) is 2.82. The summed E-state index contributed by atoms with van der Waals surface area (Å²) in [6.45, 7) is 17.9. The number of carbonyl (C=O) groups is 4. The number of hydrogen-bond acceptors (Lipinski definition) is 10. The van der Waals surface area contributed by atoms with Crippen molar-refractivity contribution in [3.8, 4) is 0 Å². The summed E-state index contributed by atoms with van der Waals surface area (Å²) in [5.41, 5.74) is 2.61. The summed E-state index contributed by atoms with van der Waals surface area (Å²) in [6.07, 6.45) is 11.6. The number of fused-ring (bicyclic) bond motifs is 5. The molecule has 6 rings (SSSR count). The number of nitrogens with one attached hydrogen (secondary N) is 1. The van der Waals surface area contributed by atoms with Crippen LogP contribution in [-0.2, 0) is 49.4 Å². The maximum absolute atomic E-state index is 13.4. The van der Waals surface area contributed by atoms with Gasteiger partial charge in [-0.15, -0.1) is 0 Å². The molecule has 4 fully saturated rings. The molecule has 332 valence electrons. The molecule has 1 aromatic rings. The monoisotopic (exact) mass is 834 g/mol. The zero-order chi connectivity index (χ0) is 43.4. The van der Waals surface area contributed by atoms with Gasteiger partial charge in [-0.3, -0.25) is 14.4 Å². The van der Waals surface area contributed by atoms with E-state index in [1.165, 1.54) is 58.4 Å². The van der Waals surface area contributed by atoms with Gasteiger partial charge in [-0.25, -0.2) is 4.79 Å². The van der Waals surface area contributed by atoms with Gasteiger partial charge in [-0.1, -0.05) is 95.7 Å². The predicted octanol–water partition coefficient (Wildman–Crippen LogP) is 9.27. The molecule has 0 aromatic heterocycles. The van der Waals surface area contributed by atoms with E-state index in [-0.39, 0.29) is 24.7 Å². The van der Waals surface area contributed by atoms with Crippen LogP contribution < -0.4 is 5.32 Å². The third-order valence-corrected chi connectivity index (χ3v) is 15.3. The summed E-state index contributed by atoms with van der Waals surface area (Å²) in [4.78, 5) is 50.4. The first-order chi connectivity index (χ1) is 28.5. The molecule has 1 heterocycles. The van der Waals surface area contributed by atoms with E-state index in [0.29, 0.717) is 47.3 Å². The standard InChI is InChI=1S/C49H71NO10/c1-10-35(29(2)3)17-16-30(4)39-20-21-40-38-19-18-36-26-37(22-24-48(36,8)41(38)23-25-49(39,40)9)59-46-43(50-47(54)56-27-34-14-12-11-13-15-34)45(58-33(7)53)44(57-32(6)52)42(60-46)28-55-31(5)51/h11-18,29-30,35,37-46H,10,19-28H2,1-9H3,(H,50,54)/b17-16+/t30-,35-,37+,38+,39-,40+,41+,42-,43?,44-,45-,46?,48+,49-/m1/s1. The van der Waals surface area contributed by atoms with Crippen molar-refractivity contribution in [3.05, 3.63) is 59.7 Å². The maximum Gasteiger partial charge on any atom is 0.407 e. The number of esters is 3. The number of alkyl carbamates (subject to hydrolysis) is 1. The molecule has 0 bridgehead atoms.